The molecule has 0 bridgehead atoms. The number of phenols is 1. The minimum absolute atomic E-state index is 0.0336. The average Bonchev–Trinajstić information content (AvgIpc) is 2.82. The molecule has 0 fully saturated rings. The van der Waals surface area contributed by atoms with Gasteiger partial charge in [0.2, 0.25) is 0 Å². The van der Waals surface area contributed by atoms with Gasteiger partial charge in [0, 0.05) is 0 Å². The zero-order chi connectivity index (χ0) is 14.3. The maximum atomic E-state index is 10.1. The molecule has 102 valence electrons. The number of imidazole rings is 1. The zero-order valence-corrected chi connectivity index (χ0v) is 12.0. The van der Waals surface area contributed by atoms with Crippen molar-refractivity contribution in [3.05, 3.63) is 40.4 Å². The van der Waals surface area contributed by atoms with Crippen molar-refractivity contribution in [2.24, 2.45) is 0 Å². The Morgan fingerprint density at radius 1 is 1.20 bits per heavy atom. The van der Waals surface area contributed by atoms with Gasteiger partial charge in [-0.25, -0.2) is 4.98 Å². The predicted molar refractivity (Wildman–Crippen MR) is 79.8 cm³/mol. The molecule has 3 aromatic rings. The molecule has 0 spiro atoms. The van der Waals surface area contributed by atoms with Crippen LogP contribution in [0.4, 0.5) is 0 Å². The van der Waals surface area contributed by atoms with Gasteiger partial charge in [-0.05, 0) is 24.3 Å². The molecule has 1 heterocycles. The molecule has 3 rings (SSSR count). The number of ether oxygens (including phenoxy) is 1. The first-order valence-corrected chi connectivity index (χ1v) is 6.57. The monoisotopic (exact) mass is 308 g/mol. The van der Waals surface area contributed by atoms with Gasteiger partial charge in [0.15, 0.2) is 11.5 Å². The van der Waals surface area contributed by atoms with E-state index in [0.29, 0.717) is 32.7 Å². The molecule has 20 heavy (non-hydrogen) atoms. The third-order valence-corrected chi connectivity index (χ3v) is 3.72. The number of nitrogens with zero attached hydrogens (tertiary/aromatic N) is 1. The van der Waals surface area contributed by atoms with Gasteiger partial charge in [0.05, 0.1) is 33.8 Å². The highest BCUT2D eigenvalue weighted by atomic mass is 35.5. The fourth-order valence-electron chi connectivity index (χ4n) is 2.01. The van der Waals surface area contributed by atoms with E-state index in [-0.39, 0.29) is 5.75 Å². The molecular weight excluding hydrogens is 299 g/mol. The summed E-state index contributed by atoms with van der Waals surface area (Å²) >= 11 is 11.9. The molecule has 0 aliphatic rings. The number of hydrogen-bond acceptors (Lipinski definition) is 3. The first-order chi connectivity index (χ1) is 9.60. The van der Waals surface area contributed by atoms with Crippen LogP contribution >= 0.6 is 23.2 Å². The lowest BCUT2D eigenvalue weighted by Crippen LogP contribution is -1.87. The normalized spacial score (nSPS) is 10.9. The van der Waals surface area contributed by atoms with Gasteiger partial charge in [-0.1, -0.05) is 29.3 Å². The summed E-state index contributed by atoms with van der Waals surface area (Å²) in [6.07, 6.45) is 0. The number of aromatic nitrogens is 2. The number of benzene rings is 2. The summed E-state index contributed by atoms with van der Waals surface area (Å²) in [6.45, 7) is 0. The van der Waals surface area contributed by atoms with Gasteiger partial charge < -0.3 is 14.8 Å². The summed E-state index contributed by atoms with van der Waals surface area (Å²) in [6, 6.07) is 8.58. The molecule has 4 nitrogen and oxygen atoms in total. The Balaban J connectivity index is 2.20. The van der Waals surface area contributed by atoms with E-state index < -0.39 is 0 Å². The van der Waals surface area contributed by atoms with Crippen LogP contribution in [-0.2, 0) is 0 Å². The van der Waals surface area contributed by atoms with Gasteiger partial charge in [0.1, 0.15) is 5.82 Å². The average molecular weight is 309 g/mol. The molecule has 0 aliphatic carbocycles. The number of aromatic hydroxyl groups is 1. The second kappa shape index (κ2) is 4.89. The molecule has 1 aromatic heterocycles. The lowest BCUT2D eigenvalue weighted by molar-refractivity contribution is 0.374. The number of aromatic amines is 1. The molecule has 2 aromatic carbocycles. The lowest BCUT2D eigenvalue weighted by Gasteiger charge is -2.06. The van der Waals surface area contributed by atoms with Crippen LogP contribution in [0.2, 0.25) is 10.0 Å². The van der Waals surface area contributed by atoms with E-state index in [9.17, 15) is 5.11 Å². The molecule has 0 saturated carbocycles. The van der Waals surface area contributed by atoms with Crippen molar-refractivity contribution < 1.29 is 9.84 Å². The van der Waals surface area contributed by atoms with Crippen LogP contribution in [0.25, 0.3) is 22.4 Å². The minimum Gasteiger partial charge on any atom is -0.504 e. The number of H-pyrrole nitrogens is 1. The van der Waals surface area contributed by atoms with E-state index >= 15 is 0 Å². The smallest absolute Gasteiger partial charge is 0.168 e. The molecule has 0 radical (unpaired) electrons. The standard InChI is InChI=1S/C14H10Cl2N2O2/c1-20-12-4-2-3-7(13(12)19)14-17-10-5-8(15)9(16)6-11(10)18-14/h2-6,19H,1H3,(H,17,18). The molecule has 0 atom stereocenters. The molecular formula is C14H10Cl2N2O2. The highest BCUT2D eigenvalue weighted by Gasteiger charge is 2.14. The van der Waals surface area contributed by atoms with Gasteiger partial charge >= 0.3 is 0 Å². The predicted octanol–water partition coefficient (Wildman–Crippen LogP) is 4.25. The topological polar surface area (TPSA) is 58.1 Å². The number of halogens is 2. The number of hydrogen-bond donors (Lipinski definition) is 2. The van der Waals surface area contributed by atoms with Crippen molar-refractivity contribution in [3.63, 3.8) is 0 Å². The van der Waals surface area contributed by atoms with Crippen LogP contribution < -0.4 is 4.74 Å². The van der Waals surface area contributed by atoms with Gasteiger partial charge in [0.25, 0.3) is 0 Å². The Morgan fingerprint density at radius 3 is 2.70 bits per heavy atom. The Bertz CT molecular complexity index is 760. The second-order valence-corrected chi connectivity index (χ2v) is 5.04. The lowest BCUT2D eigenvalue weighted by atomic mass is 10.2. The third-order valence-electron chi connectivity index (χ3n) is 3.00. The number of methoxy groups -OCH3 is 1. The molecule has 0 aliphatic heterocycles. The summed E-state index contributed by atoms with van der Waals surface area (Å²) in [5.74, 6) is 0.944. The summed E-state index contributed by atoms with van der Waals surface area (Å²) in [5, 5.41) is 11.0. The highest BCUT2D eigenvalue weighted by molar-refractivity contribution is 6.42. The number of fused-ring (bicyclic) bond motifs is 1. The van der Waals surface area contributed by atoms with E-state index in [1.54, 1.807) is 30.3 Å². The first-order valence-electron chi connectivity index (χ1n) is 5.81. The Labute approximate surface area is 124 Å². The summed E-state index contributed by atoms with van der Waals surface area (Å²) in [5.41, 5.74) is 1.97. The summed E-state index contributed by atoms with van der Waals surface area (Å²) < 4.78 is 5.09. The Morgan fingerprint density at radius 2 is 1.95 bits per heavy atom. The van der Waals surface area contributed by atoms with E-state index in [2.05, 4.69) is 9.97 Å². The van der Waals surface area contributed by atoms with Crippen molar-refractivity contribution in [1.82, 2.24) is 9.97 Å². The van der Waals surface area contributed by atoms with E-state index in [0.717, 1.165) is 5.52 Å². The highest BCUT2D eigenvalue weighted by Crippen LogP contribution is 2.37. The molecule has 0 unspecified atom stereocenters. The molecule has 0 saturated heterocycles. The number of para-hydroxylation sites is 1. The van der Waals surface area contributed by atoms with E-state index in [1.165, 1.54) is 7.11 Å². The van der Waals surface area contributed by atoms with E-state index in [1.807, 2.05) is 0 Å². The van der Waals surface area contributed by atoms with Crippen molar-refractivity contribution in [2.75, 3.05) is 7.11 Å². The SMILES string of the molecule is COc1cccc(-c2nc3cc(Cl)c(Cl)cc3[nH]2)c1O. The number of nitrogens with one attached hydrogen (secondary N) is 1. The summed E-state index contributed by atoms with van der Waals surface area (Å²) in [4.78, 5) is 7.51. The maximum absolute atomic E-state index is 10.1. The van der Waals surface area contributed by atoms with Crippen molar-refractivity contribution in [3.8, 4) is 22.9 Å². The number of phenolic OH excluding ortho intramolecular Hbond substituents is 1. The quantitative estimate of drug-likeness (QED) is 0.744. The van der Waals surface area contributed by atoms with Crippen LogP contribution in [0.3, 0.4) is 0 Å². The van der Waals surface area contributed by atoms with Crippen LogP contribution in [-0.4, -0.2) is 22.2 Å². The minimum atomic E-state index is 0.0336. The largest absolute Gasteiger partial charge is 0.504 e. The fraction of sp³-hybridized carbons (Fsp3) is 0.0714. The Kier molecular flexibility index (Phi) is 3.20. The van der Waals surface area contributed by atoms with Crippen molar-refractivity contribution in [1.29, 1.82) is 0 Å². The fourth-order valence-corrected chi connectivity index (χ4v) is 2.33. The molecule has 2 N–H and O–H groups in total. The summed E-state index contributed by atoms with van der Waals surface area (Å²) in [7, 11) is 1.50. The number of rotatable bonds is 2. The Hall–Kier alpha value is -1.91. The maximum Gasteiger partial charge on any atom is 0.168 e. The van der Waals surface area contributed by atoms with Gasteiger partial charge in [-0.3, -0.25) is 0 Å². The van der Waals surface area contributed by atoms with Crippen molar-refractivity contribution in [2.45, 2.75) is 0 Å². The van der Waals surface area contributed by atoms with Crippen LogP contribution in [0, 0.1) is 0 Å². The van der Waals surface area contributed by atoms with Crippen LogP contribution in [0.5, 0.6) is 11.5 Å². The van der Waals surface area contributed by atoms with Gasteiger partial charge in [-0.2, -0.15) is 0 Å². The first kappa shape index (κ1) is 13.1. The third kappa shape index (κ3) is 2.07. The van der Waals surface area contributed by atoms with E-state index in [4.69, 9.17) is 27.9 Å². The zero-order valence-electron chi connectivity index (χ0n) is 10.4. The molecule has 0 amide bonds. The van der Waals surface area contributed by atoms with Crippen LogP contribution in [0.1, 0.15) is 0 Å². The van der Waals surface area contributed by atoms with Crippen molar-refractivity contribution >= 4 is 34.2 Å². The second-order valence-electron chi connectivity index (χ2n) is 4.23. The molecule has 6 heteroatoms. The van der Waals surface area contributed by atoms with Gasteiger partial charge in [-0.15, -0.1) is 0 Å². The van der Waals surface area contributed by atoms with Crippen LogP contribution in [0.15, 0.2) is 30.3 Å².